The third-order valence-electron chi connectivity index (χ3n) is 5.48. The Morgan fingerprint density at radius 1 is 1.29 bits per heavy atom. The van der Waals surface area contributed by atoms with Crippen LogP contribution in [0.5, 0.6) is 0 Å². The molecule has 2 aliphatic rings. The summed E-state index contributed by atoms with van der Waals surface area (Å²) in [4.78, 5) is 2.77. The minimum atomic E-state index is 0.425. The van der Waals surface area contributed by atoms with Crippen LogP contribution in [-0.2, 0) is 0 Å². The summed E-state index contributed by atoms with van der Waals surface area (Å²) in [6.45, 7) is 9.76. The molecule has 2 bridgehead atoms. The van der Waals surface area contributed by atoms with E-state index in [1.165, 1.54) is 37.7 Å². The van der Waals surface area contributed by atoms with Gasteiger partial charge in [0.2, 0.25) is 0 Å². The lowest BCUT2D eigenvalue weighted by molar-refractivity contribution is -0.00653. The van der Waals surface area contributed by atoms with Gasteiger partial charge in [-0.3, -0.25) is 4.90 Å². The fourth-order valence-corrected chi connectivity index (χ4v) is 4.74. The Morgan fingerprint density at radius 3 is 2.48 bits per heavy atom. The second kappa shape index (κ2) is 6.09. The van der Waals surface area contributed by atoms with Gasteiger partial charge in [0.25, 0.3) is 0 Å². The number of piperidine rings is 2. The predicted octanol–water partition coefficient (Wildman–Crippen LogP) is 3.35. The minimum Gasteiger partial charge on any atom is -0.361 e. The minimum absolute atomic E-state index is 0.425. The number of rotatable bonds is 4. The van der Waals surface area contributed by atoms with Gasteiger partial charge in [0, 0.05) is 29.7 Å². The highest BCUT2D eigenvalue weighted by atomic mass is 16.5. The van der Waals surface area contributed by atoms with E-state index >= 15 is 0 Å². The average Bonchev–Trinajstić information content (AvgIpc) is 2.77. The lowest BCUT2D eigenvalue weighted by atomic mass is 9.80. The summed E-state index contributed by atoms with van der Waals surface area (Å²) in [7, 11) is 0. The quantitative estimate of drug-likeness (QED) is 0.923. The van der Waals surface area contributed by atoms with Crippen LogP contribution in [-0.4, -0.2) is 34.7 Å². The maximum Gasteiger partial charge on any atom is 0.138 e. The highest BCUT2D eigenvalue weighted by Gasteiger charge is 2.41. The summed E-state index contributed by atoms with van der Waals surface area (Å²) in [6, 6.07) is 2.56. The molecule has 4 heteroatoms. The number of hydrogen-bond acceptors (Lipinski definition) is 4. The van der Waals surface area contributed by atoms with E-state index < -0.39 is 0 Å². The maximum atomic E-state index is 5.40. The monoisotopic (exact) mass is 291 g/mol. The van der Waals surface area contributed by atoms with Crippen LogP contribution in [0.4, 0.5) is 0 Å². The van der Waals surface area contributed by atoms with Gasteiger partial charge in [0.05, 0.1) is 5.69 Å². The van der Waals surface area contributed by atoms with E-state index in [0.29, 0.717) is 24.2 Å². The van der Waals surface area contributed by atoms with Gasteiger partial charge in [-0.15, -0.1) is 0 Å². The molecule has 118 valence electrons. The van der Waals surface area contributed by atoms with Crippen molar-refractivity contribution < 1.29 is 4.52 Å². The molecular weight excluding hydrogens is 262 g/mol. The van der Waals surface area contributed by atoms with Crippen LogP contribution < -0.4 is 5.32 Å². The van der Waals surface area contributed by atoms with E-state index in [2.05, 4.69) is 36.1 Å². The van der Waals surface area contributed by atoms with Crippen molar-refractivity contribution in [2.45, 2.75) is 84.0 Å². The molecule has 1 aromatic rings. The van der Waals surface area contributed by atoms with Gasteiger partial charge in [0.1, 0.15) is 5.76 Å². The lowest BCUT2D eigenvalue weighted by Crippen LogP contribution is -2.56. The summed E-state index contributed by atoms with van der Waals surface area (Å²) < 4.78 is 5.40. The zero-order valence-corrected chi connectivity index (χ0v) is 13.9. The number of hydrogen-bond donors (Lipinski definition) is 1. The molecule has 2 aliphatic heterocycles. The van der Waals surface area contributed by atoms with E-state index in [0.717, 1.165) is 18.0 Å². The fraction of sp³-hybridized carbons (Fsp3) is 0.824. The van der Waals surface area contributed by atoms with Crippen LogP contribution in [0.1, 0.15) is 69.0 Å². The van der Waals surface area contributed by atoms with E-state index in [4.69, 9.17) is 4.52 Å². The number of nitrogens with one attached hydrogen (secondary N) is 1. The van der Waals surface area contributed by atoms with Gasteiger partial charge in [-0.05, 0) is 53.0 Å². The molecule has 0 aliphatic carbocycles. The molecule has 4 nitrogen and oxygen atoms in total. The Balaban J connectivity index is 1.82. The van der Waals surface area contributed by atoms with Crippen LogP contribution in [0, 0.1) is 13.8 Å². The van der Waals surface area contributed by atoms with Gasteiger partial charge in [-0.1, -0.05) is 18.5 Å². The summed E-state index contributed by atoms with van der Waals surface area (Å²) in [5.41, 5.74) is 2.38. The maximum absolute atomic E-state index is 5.40. The van der Waals surface area contributed by atoms with Crippen LogP contribution in [0.3, 0.4) is 0 Å². The molecular formula is C17H29N3O. The zero-order chi connectivity index (χ0) is 15.0. The molecule has 21 heavy (non-hydrogen) atoms. The molecule has 2 saturated heterocycles. The van der Waals surface area contributed by atoms with Crippen molar-refractivity contribution >= 4 is 0 Å². The molecule has 3 unspecified atom stereocenters. The number of fused-ring (bicyclic) bond motifs is 2. The molecule has 0 radical (unpaired) electrons. The first-order chi connectivity index (χ1) is 10.1. The van der Waals surface area contributed by atoms with Crippen LogP contribution in [0.15, 0.2) is 4.52 Å². The molecule has 2 fully saturated rings. The van der Waals surface area contributed by atoms with Crippen molar-refractivity contribution in [1.82, 2.24) is 15.4 Å². The first-order valence-electron chi connectivity index (χ1n) is 8.55. The fourth-order valence-electron chi connectivity index (χ4n) is 4.74. The number of nitrogens with zero attached hydrogens (tertiary/aromatic N) is 2. The standard InChI is InChI=1S/C17H29N3O/c1-5-18-14-9-15-7-6-8-16(10-14)20(15)12(3)17-11(2)19-21-13(17)4/h12,14-16,18H,5-10H2,1-4H3. The molecule has 0 saturated carbocycles. The zero-order valence-electron chi connectivity index (χ0n) is 13.9. The largest absolute Gasteiger partial charge is 0.361 e. The third kappa shape index (κ3) is 2.76. The van der Waals surface area contributed by atoms with E-state index in [1.807, 2.05) is 6.92 Å². The highest BCUT2D eigenvalue weighted by Crippen LogP contribution is 2.41. The van der Waals surface area contributed by atoms with Crippen LogP contribution in [0.2, 0.25) is 0 Å². The second-order valence-corrected chi connectivity index (χ2v) is 6.83. The smallest absolute Gasteiger partial charge is 0.138 e. The van der Waals surface area contributed by atoms with E-state index in [9.17, 15) is 0 Å². The normalized spacial score (nSPS) is 31.3. The summed E-state index contributed by atoms with van der Waals surface area (Å²) in [5.74, 6) is 0.992. The molecule has 3 atom stereocenters. The first kappa shape index (κ1) is 15.0. The van der Waals surface area contributed by atoms with E-state index in [-0.39, 0.29) is 0 Å². The topological polar surface area (TPSA) is 41.3 Å². The second-order valence-electron chi connectivity index (χ2n) is 6.83. The molecule has 1 N–H and O–H groups in total. The molecule has 3 rings (SSSR count). The van der Waals surface area contributed by atoms with Gasteiger partial charge in [-0.2, -0.15) is 0 Å². The Kier molecular flexibility index (Phi) is 4.36. The summed E-state index contributed by atoms with van der Waals surface area (Å²) in [5, 5.41) is 7.83. The Hall–Kier alpha value is -0.870. The van der Waals surface area contributed by atoms with Gasteiger partial charge in [0.15, 0.2) is 0 Å². The van der Waals surface area contributed by atoms with Crippen molar-refractivity contribution in [3.8, 4) is 0 Å². The molecule has 0 spiro atoms. The SMILES string of the molecule is CCNC1CC2CCCC(C1)N2C(C)c1c(C)noc1C. The molecule has 3 heterocycles. The van der Waals surface area contributed by atoms with Crippen molar-refractivity contribution in [1.29, 1.82) is 0 Å². The third-order valence-corrected chi connectivity index (χ3v) is 5.48. The Bertz CT molecular complexity index is 451. The van der Waals surface area contributed by atoms with Crippen molar-refractivity contribution in [3.05, 3.63) is 17.0 Å². The van der Waals surface area contributed by atoms with Gasteiger partial charge in [-0.25, -0.2) is 0 Å². The van der Waals surface area contributed by atoms with Crippen molar-refractivity contribution in [2.24, 2.45) is 0 Å². The number of aromatic nitrogens is 1. The molecule has 0 aromatic carbocycles. The van der Waals surface area contributed by atoms with Crippen molar-refractivity contribution in [3.63, 3.8) is 0 Å². The van der Waals surface area contributed by atoms with E-state index in [1.54, 1.807) is 0 Å². The highest BCUT2D eigenvalue weighted by molar-refractivity contribution is 5.25. The Labute approximate surface area is 128 Å². The van der Waals surface area contributed by atoms with Crippen molar-refractivity contribution in [2.75, 3.05) is 6.54 Å². The number of aryl methyl sites for hydroxylation is 2. The van der Waals surface area contributed by atoms with Crippen LogP contribution in [0.25, 0.3) is 0 Å². The molecule has 0 amide bonds. The summed E-state index contributed by atoms with van der Waals surface area (Å²) in [6.07, 6.45) is 6.65. The van der Waals surface area contributed by atoms with Gasteiger partial charge >= 0.3 is 0 Å². The first-order valence-corrected chi connectivity index (χ1v) is 8.55. The predicted molar refractivity (Wildman–Crippen MR) is 84.4 cm³/mol. The Morgan fingerprint density at radius 2 is 1.95 bits per heavy atom. The average molecular weight is 291 g/mol. The lowest BCUT2D eigenvalue weighted by Gasteiger charge is -2.51. The van der Waals surface area contributed by atoms with Gasteiger partial charge < -0.3 is 9.84 Å². The van der Waals surface area contributed by atoms with Crippen LogP contribution >= 0.6 is 0 Å². The molecule has 1 aromatic heterocycles. The summed E-state index contributed by atoms with van der Waals surface area (Å²) >= 11 is 0.